The molecule has 0 bridgehead atoms. The number of nitrogens with zero attached hydrogens (tertiary/aromatic N) is 3. The summed E-state index contributed by atoms with van der Waals surface area (Å²) in [6.45, 7) is 3.66. The van der Waals surface area contributed by atoms with Gasteiger partial charge in [0.15, 0.2) is 0 Å². The number of carbonyl (C=O) groups is 1. The number of carbonyl (C=O) groups excluding carboxylic acids is 1. The third-order valence-corrected chi connectivity index (χ3v) is 4.54. The molecule has 1 fully saturated rings. The Labute approximate surface area is 122 Å². The highest BCUT2D eigenvalue weighted by Gasteiger charge is 2.22. The first-order chi connectivity index (χ1) is 9.75. The molecule has 3 heterocycles. The summed E-state index contributed by atoms with van der Waals surface area (Å²) < 4.78 is 1.01. The second-order valence-electron chi connectivity index (χ2n) is 5.11. The van der Waals surface area contributed by atoms with Crippen molar-refractivity contribution in [2.24, 2.45) is 0 Å². The molecule has 0 unspecified atom stereocenters. The lowest BCUT2D eigenvalue weighted by atomic mass is 10.1. The van der Waals surface area contributed by atoms with Crippen LogP contribution in [0, 0.1) is 0 Å². The van der Waals surface area contributed by atoms with Crippen molar-refractivity contribution in [1.29, 1.82) is 0 Å². The first-order valence-electron chi connectivity index (χ1n) is 6.99. The minimum absolute atomic E-state index is 0.160. The molecule has 3 rings (SSSR count). The summed E-state index contributed by atoms with van der Waals surface area (Å²) in [7, 11) is 0. The monoisotopic (exact) mass is 290 g/mol. The third-order valence-electron chi connectivity index (χ3n) is 3.63. The standard InChI is InChI=1S/C14H18N4OS/c1-10(14(19)18-6-3-2-4-7-18)17-13-12-11(5-8-20-12)15-9-16-13/h5,8-10H,2-4,6-7H2,1H3,(H,15,16,17)/t10-/m1/s1. The molecular formula is C14H18N4OS. The van der Waals surface area contributed by atoms with Crippen LogP contribution in [-0.4, -0.2) is 39.9 Å². The lowest BCUT2D eigenvalue weighted by molar-refractivity contribution is -0.132. The topological polar surface area (TPSA) is 58.1 Å². The van der Waals surface area contributed by atoms with Crippen LogP contribution in [-0.2, 0) is 4.79 Å². The molecule has 106 valence electrons. The normalized spacial score (nSPS) is 17.1. The van der Waals surface area contributed by atoms with Crippen molar-refractivity contribution in [3.63, 3.8) is 0 Å². The summed E-state index contributed by atoms with van der Waals surface area (Å²) in [6.07, 6.45) is 4.99. The van der Waals surface area contributed by atoms with Gasteiger partial charge in [0.1, 0.15) is 18.2 Å². The molecule has 5 nitrogen and oxygen atoms in total. The number of nitrogens with one attached hydrogen (secondary N) is 1. The van der Waals surface area contributed by atoms with Gasteiger partial charge in [-0.15, -0.1) is 11.3 Å². The molecule has 1 aliphatic rings. The van der Waals surface area contributed by atoms with E-state index in [0.29, 0.717) is 0 Å². The van der Waals surface area contributed by atoms with Gasteiger partial charge in [-0.3, -0.25) is 4.79 Å². The third kappa shape index (κ3) is 2.60. The molecule has 1 atom stereocenters. The Morgan fingerprint density at radius 2 is 2.15 bits per heavy atom. The maximum absolute atomic E-state index is 12.4. The second kappa shape index (κ2) is 5.75. The zero-order valence-corrected chi connectivity index (χ0v) is 12.3. The molecule has 0 aliphatic carbocycles. The van der Waals surface area contributed by atoms with Gasteiger partial charge in [0.2, 0.25) is 5.91 Å². The summed E-state index contributed by atoms with van der Waals surface area (Å²) in [4.78, 5) is 22.8. The van der Waals surface area contributed by atoms with E-state index in [0.717, 1.165) is 42.0 Å². The molecule has 0 aromatic carbocycles. The van der Waals surface area contributed by atoms with Crippen molar-refractivity contribution in [2.45, 2.75) is 32.2 Å². The molecule has 0 spiro atoms. The van der Waals surface area contributed by atoms with Crippen LogP contribution in [0.25, 0.3) is 10.2 Å². The fourth-order valence-electron chi connectivity index (χ4n) is 2.55. The molecule has 20 heavy (non-hydrogen) atoms. The molecule has 1 aliphatic heterocycles. The Morgan fingerprint density at radius 1 is 1.35 bits per heavy atom. The van der Waals surface area contributed by atoms with E-state index in [1.54, 1.807) is 11.3 Å². The van der Waals surface area contributed by atoms with Gasteiger partial charge < -0.3 is 10.2 Å². The number of anilines is 1. The second-order valence-corrected chi connectivity index (χ2v) is 6.03. The fraction of sp³-hybridized carbons (Fsp3) is 0.500. The van der Waals surface area contributed by atoms with E-state index >= 15 is 0 Å². The Balaban J connectivity index is 1.73. The summed E-state index contributed by atoms with van der Waals surface area (Å²) in [6, 6.07) is 1.71. The Morgan fingerprint density at radius 3 is 2.95 bits per heavy atom. The Bertz CT molecular complexity index is 606. The van der Waals surface area contributed by atoms with E-state index in [2.05, 4.69) is 15.3 Å². The van der Waals surface area contributed by atoms with Gasteiger partial charge in [0.25, 0.3) is 0 Å². The molecule has 6 heteroatoms. The number of amides is 1. The Kier molecular flexibility index (Phi) is 3.82. The highest BCUT2D eigenvalue weighted by atomic mass is 32.1. The van der Waals surface area contributed by atoms with Gasteiger partial charge in [0, 0.05) is 13.1 Å². The van der Waals surface area contributed by atoms with Gasteiger partial charge in [0.05, 0.1) is 10.2 Å². The van der Waals surface area contributed by atoms with Crippen LogP contribution in [0.1, 0.15) is 26.2 Å². The number of fused-ring (bicyclic) bond motifs is 1. The maximum Gasteiger partial charge on any atom is 0.244 e. The molecule has 0 radical (unpaired) electrons. The smallest absolute Gasteiger partial charge is 0.244 e. The number of rotatable bonds is 3. The van der Waals surface area contributed by atoms with E-state index in [-0.39, 0.29) is 11.9 Å². The molecule has 1 amide bonds. The first kappa shape index (κ1) is 13.3. The Hall–Kier alpha value is -1.69. The summed E-state index contributed by atoms with van der Waals surface area (Å²) in [5.74, 6) is 0.913. The van der Waals surface area contributed by atoms with Gasteiger partial charge in [-0.1, -0.05) is 0 Å². The fourth-order valence-corrected chi connectivity index (χ4v) is 3.34. The van der Waals surface area contributed by atoms with Crippen LogP contribution >= 0.6 is 11.3 Å². The number of aromatic nitrogens is 2. The van der Waals surface area contributed by atoms with Crippen molar-refractivity contribution < 1.29 is 4.79 Å². The quantitative estimate of drug-likeness (QED) is 0.943. The largest absolute Gasteiger partial charge is 0.357 e. The number of piperidine rings is 1. The van der Waals surface area contributed by atoms with Crippen LogP contribution < -0.4 is 5.32 Å². The van der Waals surface area contributed by atoms with E-state index in [1.807, 2.05) is 23.3 Å². The van der Waals surface area contributed by atoms with Gasteiger partial charge in [-0.05, 0) is 37.6 Å². The lowest BCUT2D eigenvalue weighted by Gasteiger charge is -2.29. The van der Waals surface area contributed by atoms with Crippen LogP contribution in [0.5, 0.6) is 0 Å². The molecule has 2 aromatic rings. The molecule has 1 N–H and O–H groups in total. The number of thiophene rings is 1. The SMILES string of the molecule is C[C@@H](Nc1ncnc2ccsc12)C(=O)N1CCCCC1. The average molecular weight is 290 g/mol. The van der Waals surface area contributed by atoms with Gasteiger partial charge in [-0.2, -0.15) is 0 Å². The minimum Gasteiger partial charge on any atom is -0.357 e. The molecular weight excluding hydrogens is 272 g/mol. The zero-order chi connectivity index (χ0) is 13.9. The van der Waals surface area contributed by atoms with Crippen molar-refractivity contribution in [3.05, 3.63) is 17.8 Å². The van der Waals surface area contributed by atoms with Crippen molar-refractivity contribution in [1.82, 2.24) is 14.9 Å². The molecule has 2 aromatic heterocycles. The molecule has 0 saturated carbocycles. The van der Waals surface area contributed by atoms with Crippen molar-refractivity contribution >= 4 is 33.3 Å². The summed E-state index contributed by atoms with van der Waals surface area (Å²) in [5, 5.41) is 5.22. The summed E-state index contributed by atoms with van der Waals surface area (Å²) in [5.41, 5.74) is 0.921. The number of hydrogen-bond acceptors (Lipinski definition) is 5. The van der Waals surface area contributed by atoms with E-state index < -0.39 is 0 Å². The van der Waals surface area contributed by atoms with Crippen molar-refractivity contribution in [3.8, 4) is 0 Å². The van der Waals surface area contributed by atoms with Crippen molar-refractivity contribution in [2.75, 3.05) is 18.4 Å². The predicted molar refractivity (Wildman–Crippen MR) is 80.9 cm³/mol. The van der Waals surface area contributed by atoms with Gasteiger partial charge >= 0.3 is 0 Å². The van der Waals surface area contributed by atoms with Gasteiger partial charge in [-0.25, -0.2) is 9.97 Å². The van der Waals surface area contributed by atoms with Crippen LogP contribution in [0.2, 0.25) is 0 Å². The van der Waals surface area contributed by atoms with E-state index in [9.17, 15) is 4.79 Å². The molecule has 1 saturated heterocycles. The number of hydrogen-bond donors (Lipinski definition) is 1. The highest BCUT2D eigenvalue weighted by molar-refractivity contribution is 7.17. The van der Waals surface area contributed by atoms with Crippen LogP contribution in [0.4, 0.5) is 5.82 Å². The average Bonchev–Trinajstić information content (AvgIpc) is 2.97. The maximum atomic E-state index is 12.4. The minimum atomic E-state index is -0.256. The van der Waals surface area contributed by atoms with E-state index in [4.69, 9.17) is 0 Å². The first-order valence-corrected chi connectivity index (χ1v) is 7.87. The van der Waals surface area contributed by atoms with Crippen LogP contribution in [0.15, 0.2) is 17.8 Å². The predicted octanol–water partition coefficient (Wildman–Crippen LogP) is 2.50. The lowest BCUT2D eigenvalue weighted by Crippen LogP contribution is -2.44. The highest BCUT2D eigenvalue weighted by Crippen LogP contribution is 2.25. The summed E-state index contributed by atoms with van der Waals surface area (Å²) >= 11 is 1.59. The zero-order valence-electron chi connectivity index (χ0n) is 11.5. The van der Waals surface area contributed by atoms with Crippen LogP contribution in [0.3, 0.4) is 0 Å². The number of likely N-dealkylation sites (tertiary alicyclic amines) is 1. The van der Waals surface area contributed by atoms with E-state index in [1.165, 1.54) is 12.7 Å².